The minimum Gasteiger partial charge on any atom is -0.496 e. The molecule has 8 heteroatoms. The number of carbonyl (C=O) groups excluding carboxylic acids is 2. The van der Waals surface area contributed by atoms with Crippen LogP contribution < -0.4 is 20.7 Å². The van der Waals surface area contributed by atoms with Crippen molar-refractivity contribution in [3.63, 3.8) is 0 Å². The number of hydrogen-bond acceptors (Lipinski definition) is 5. The molecule has 0 fully saturated rings. The number of hydrogen-bond donors (Lipinski definition) is 3. The molecule has 178 valence electrons. The highest BCUT2D eigenvalue weighted by molar-refractivity contribution is 6.11. The van der Waals surface area contributed by atoms with Crippen LogP contribution >= 0.6 is 0 Å². The molecule has 4 N–H and O–H groups in total. The van der Waals surface area contributed by atoms with Crippen LogP contribution in [0.2, 0.25) is 0 Å². The van der Waals surface area contributed by atoms with Crippen LogP contribution in [0.5, 0.6) is 5.75 Å². The van der Waals surface area contributed by atoms with Gasteiger partial charge in [0.15, 0.2) is 0 Å². The third-order valence-corrected chi connectivity index (χ3v) is 6.30. The average Bonchev–Trinajstić information content (AvgIpc) is 3.21. The van der Waals surface area contributed by atoms with E-state index in [1.807, 2.05) is 35.2 Å². The van der Waals surface area contributed by atoms with Gasteiger partial charge in [-0.15, -0.1) is 0 Å². The van der Waals surface area contributed by atoms with Gasteiger partial charge in [0, 0.05) is 17.8 Å². The second-order valence-corrected chi connectivity index (χ2v) is 8.50. The molecule has 3 aromatic carbocycles. The third-order valence-electron chi connectivity index (χ3n) is 6.30. The van der Waals surface area contributed by atoms with Gasteiger partial charge in [-0.2, -0.15) is 0 Å². The Bertz CT molecular complexity index is 1410. The minimum absolute atomic E-state index is 0.111. The molecular formula is C27H27N5O3. The van der Waals surface area contributed by atoms with E-state index >= 15 is 0 Å². The smallest absolute Gasteiger partial charge is 0.259 e. The van der Waals surface area contributed by atoms with Gasteiger partial charge in [-0.05, 0) is 61.2 Å². The SMILES string of the molecule is COc1cc(C(=O)N2CCCCc3ccccc32)ccc1C(=O)Nc1cccc2[nH]c(CN)nc12. The monoisotopic (exact) mass is 469 g/mol. The van der Waals surface area contributed by atoms with Crippen molar-refractivity contribution in [3.8, 4) is 5.75 Å². The van der Waals surface area contributed by atoms with Crippen molar-refractivity contribution in [2.24, 2.45) is 5.73 Å². The molecule has 0 saturated heterocycles. The van der Waals surface area contributed by atoms with Crippen molar-refractivity contribution in [1.82, 2.24) is 9.97 Å². The molecular weight excluding hydrogens is 442 g/mol. The number of para-hydroxylation sites is 2. The highest BCUT2D eigenvalue weighted by Crippen LogP contribution is 2.30. The number of amides is 2. The molecule has 1 aliphatic rings. The lowest BCUT2D eigenvalue weighted by molar-refractivity contribution is 0.0982. The van der Waals surface area contributed by atoms with Crippen LogP contribution in [-0.4, -0.2) is 35.4 Å². The number of fused-ring (bicyclic) bond motifs is 2. The first-order valence-electron chi connectivity index (χ1n) is 11.7. The number of carbonyl (C=O) groups is 2. The van der Waals surface area contributed by atoms with E-state index in [1.165, 1.54) is 12.7 Å². The van der Waals surface area contributed by atoms with Crippen molar-refractivity contribution in [2.75, 3.05) is 23.9 Å². The number of aromatic amines is 1. The molecule has 4 aromatic rings. The number of aryl methyl sites for hydroxylation is 1. The highest BCUT2D eigenvalue weighted by Gasteiger charge is 2.24. The van der Waals surface area contributed by atoms with E-state index in [4.69, 9.17) is 10.5 Å². The van der Waals surface area contributed by atoms with E-state index in [2.05, 4.69) is 21.4 Å². The molecule has 0 spiro atoms. The summed E-state index contributed by atoms with van der Waals surface area (Å²) >= 11 is 0. The van der Waals surface area contributed by atoms with Crippen molar-refractivity contribution in [1.29, 1.82) is 0 Å². The summed E-state index contributed by atoms with van der Waals surface area (Å²) in [6.07, 6.45) is 2.93. The van der Waals surface area contributed by atoms with E-state index in [1.54, 1.807) is 24.3 Å². The zero-order chi connectivity index (χ0) is 24.4. The summed E-state index contributed by atoms with van der Waals surface area (Å²) in [5, 5.41) is 2.91. The first-order chi connectivity index (χ1) is 17.1. The maximum Gasteiger partial charge on any atom is 0.259 e. The molecule has 5 rings (SSSR count). The van der Waals surface area contributed by atoms with Crippen LogP contribution in [0.3, 0.4) is 0 Å². The molecule has 0 atom stereocenters. The fourth-order valence-electron chi connectivity index (χ4n) is 4.54. The van der Waals surface area contributed by atoms with Crippen LogP contribution in [0.4, 0.5) is 11.4 Å². The lowest BCUT2D eigenvalue weighted by atomic mass is 10.1. The third kappa shape index (κ3) is 4.36. The lowest BCUT2D eigenvalue weighted by Crippen LogP contribution is -2.31. The van der Waals surface area contributed by atoms with Crippen molar-refractivity contribution < 1.29 is 14.3 Å². The Morgan fingerprint density at radius 3 is 2.80 bits per heavy atom. The maximum atomic E-state index is 13.5. The number of methoxy groups -OCH3 is 1. The quantitative estimate of drug-likeness (QED) is 0.404. The normalized spacial score (nSPS) is 13.3. The standard InChI is InChI=1S/C27H27N5O3/c1-35-23-15-18(27(34)32-14-5-4-8-17-7-2-3-11-22(17)32)12-13-19(23)26(33)30-21-10-6-9-20-25(21)31-24(16-28)29-20/h2-3,6-7,9-13,15H,4-5,8,14,16,28H2,1H3,(H,29,31)(H,30,33). The Labute approximate surface area is 203 Å². The predicted octanol–water partition coefficient (Wildman–Crippen LogP) is 4.27. The summed E-state index contributed by atoms with van der Waals surface area (Å²) < 4.78 is 5.52. The van der Waals surface area contributed by atoms with E-state index in [-0.39, 0.29) is 18.4 Å². The van der Waals surface area contributed by atoms with Gasteiger partial charge in [0.1, 0.15) is 17.1 Å². The number of benzene rings is 3. The molecule has 1 aromatic heterocycles. The molecule has 1 aliphatic heterocycles. The summed E-state index contributed by atoms with van der Waals surface area (Å²) in [5.74, 6) is 0.497. The van der Waals surface area contributed by atoms with Gasteiger partial charge in [0.05, 0.1) is 30.4 Å². The van der Waals surface area contributed by atoms with Gasteiger partial charge in [-0.3, -0.25) is 9.59 Å². The molecule has 0 aliphatic carbocycles. The molecule has 8 nitrogen and oxygen atoms in total. The van der Waals surface area contributed by atoms with Crippen LogP contribution in [0.25, 0.3) is 11.0 Å². The zero-order valence-corrected chi connectivity index (χ0v) is 19.5. The average molecular weight is 470 g/mol. The Balaban J connectivity index is 1.42. The number of rotatable bonds is 5. The first kappa shape index (κ1) is 22.6. The van der Waals surface area contributed by atoms with Gasteiger partial charge < -0.3 is 25.7 Å². The fourth-order valence-corrected chi connectivity index (χ4v) is 4.54. The maximum absolute atomic E-state index is 13.5. The van der Waals surface area contributed by atoms with Gasteiger partial charge in [-0.1, -0.05) is 24.3 Å². The van der Waals surface area contributed by atoms with Crippen LogP contribution in [0.15, 0.2) is 60.7 Å². The number of anilines is 2. The van der Waals surface area contributed by atoms with Crippen molar-refractivity contribution in [2.45, 2.75) is 25.8 Å². The summed E-state index contributed by atoms with van der Waals surface area (Å²) in [7, 11) is 1.49. The Hall–Kier alpha value is -4.17. The predicted molar refractivity (Wildman–Crippen MR) is 136 cm³/mol. The zero-order valence-electron chi connectivity index (χ0n) is 19.5. The number of nitrogens with zero attached hydrogens (tertiary/aromatic N) is 2. The Morgan fingerprint density at radius 2 is 1.97 bits per heavy atom. The summed E-state index contributed by atoms with van der Waals surface area (Å²) in [5.41, 5.74) is 10.6. The molecule has 0 bridgehead atoms. The van der Waals surface area contributed by atoms with Gasteiger partial charge >= 0.3 is 0 Å². The van der Waals surface area contributed by atoms with Gasteiger partial charge in [0.2, 0.25) is 0 Å². The summed E-state index contributed by atoms with van der Waals surface area (Å²) in [6.45, 7) is 0.922. The fraction of sp³-hybridized carbons (Fsp3) is 0.222. The van der Waals surface area contributed by atoms with Crippen LogP contribution in [-0.2, 0) is 13.0 Å². The first-order valence-corrected chi connectivity index (χ1v) is 11.7. The molecule has 2 heterocycles. The summed E-state index contributed by atoms with van der Waals surface area (Å²) in [6, 6.07) is 18.4. The molecule has 0 unspecified atom stereocenters. The Morgan fingerprint density at radius 1 is 1.11 bits per heavy atom. The van der Waals surface area contributed by atoms with E-state index < -0.39 is 0 Å². The number of aromatic nitrogens is 2. The van der Waals surface area contributed by atoms with Crippen LogP contribution in [0.1, 0.15) is 44.9 Å². The van der Waals surface area contributed by atoms with Gasteiger partial charge in [0.25, 0.3) is 11.8 Å². The number of imidazole rings is 1. The Kier molecular flexibility index (Phi) is 6.20. The number of nitrogens with two attached hydrogens (primary N) is 1. The number of H-pyrrole nitrogens is 1. The van der Waals surface area contributed by atoms with E-state index in [0.717, 1.165) is 30.5 Å². The lowest BCUT2D eigenvalue weighted by Gasteiger charge is -2.23. The second kappa shape index (κ2) is 9.60. The number of ether oxygens (including phenoxy) is 1. The van der Waals surface area contributed by atoms with Crippen molar-refractivity contribution in [3.05, 3.63) is 83.2 Å². The van der Waals surface area contributed by atoms with E-state index in [0.29, 0.717) is 40.4 Å². The molecule has 0 radical (unpaired) electrons. The van der Waals surface area contributed by atoms with Crippen LogP contribution in [0, 0.1) is 0 Å². The topological polar surface area (TPSA) is 113 Å². The van der Waals surface area contributed by atoms with Crippen molar-refractivity contribution >= 4 is 34.2 Å². The second-order valence-electron chi connectivity index (χ2n) is 8.50. The highest BCUT2D eigenvalue weighted by atomic mass is 16.5. The molecule has 2 amide bonds. The van der Waals surface area contributed by atoms with Gasteiger partial charge in [-0.25, -0.2) is 4.98 Å². The number of nitrogens with one attached hydrogen (secondary N) is 2. The molecule has 35 heavy (non-hydrogen) atoms. The largest absolute Gasteiger partial charge is 0.496 e. The van der Waals surface area contributed by atoms with E-state index in [9.17, 15) is 9.59 Å². The summed E-state index contributed by atoms with van der Waals surface area (Å²) in [4.78, 5) is 36.0. The molecule has 0 saturated carbocycles. The minimum atomic E-state index is -0.356.